The van der Waals surface area contributed by atoms with Crippen LogP contribution in [0.4, 0.5) is 0 Å². The van der Waals surface area contributed by atoms with Crippen LogP contribution in [0.1, 0.15) is 22.7 Å². The van der Waals surface area contributed by atoms with Crippen molar-refractivity contribution >= 4 is 65.7 Å². The lowest BCUT2D eigenvalue weighted by Gasteiger charge is -2.26. The Morgan fingerprint density at radius 1 is 0.490 bits per heavy atom. The highest BCUT2D eigenvalue weighted by Gasteiger charge is 2.25. The first-order valence-electron chi connectivity index (χ1n) is 16.9. The number of nitrogens with zero attached hydrogens (tertiary/aromatic N) is 2. The molecule has 0 amide bonds. The summed E-state index contributed by atoms with van der Waals surface area (Å²) >= 11 is 0. The van der Waals surface area contributed by atoms with E-state index in [2.05, 4.69) is 186 Å². The standard InChI is InChI=1S/C46H31N3/c1-4-16-30(17-5-1)40-29-41(31-18-6-2-7-19-31)48-46(47-40)39-28-38-34-23-11-13-25-36(34)45-44(43(38)35-24-12-10-22-33(35)39)37-26-14-15-27-42(37)49(45)32-20-8-3-9-21-32/h1-29,40H,(H,47,48). The number of para-hydroxylation sites is 2. The van der Waals surface area contributed by atoms with Crippen LogP contribution in [0.5, 0.6) is 0 Å². The number of aliphatic imine (C=N–C) groups is 1. The fourth-order valence-corrected chi connectivity index (χ4v) is 7.86. The summed E-state index contributed by atoms with van der Waals surface area (Å²) in [7, 11) is 0. The van der Waals surface area contributed by atoms with E-state index in [0.717, 1.165) is 28.3 Å². The van der Waals surface area contributed by atoms with Gasteiger partial charge >= 0.3 is 0 Å². The lowest BCUT2D eigenvalue weighted by Crippen LogP contribution is -2.31. The van der Waals surface area contributed by atoms with E-state index >= 15 is 0 Å². The summed E-state index contributed by atoms with van der Waals surface area (Å²) in [6.45, 7) is 0. The summed E-state index contributed by atoms with van der Waals surface area (Å²) in [5.74, 6) is 0.879. The van der Waals surface area contributed by atoms with Crippen molar-refractivity contribution in [3.05, 3.63) is 193 Å². The second-order valence-corrected chi connectivity index (χ2v) is 12.8. The molecule has 1 aromatic heterocycles. The van der Waals surface area contributed by atoms with E-state index < -0.39 is 0 Å². The molecule has 230 valence electrons. The maximum atomic E-state index is 5.35. The highest BCUT2D eigenvalue weighted by molar-refractivity contribution is 6.38. The Morgan fingerprint density at radius 2 is 1.08 bits per heavy atom. The third-order valence-electron chi connectivity index (χ3n) is 9.99. The molecule has 0 fully saturated rings. The van der Waals surface area contributed by atoms with Crippen LogP contribution in [-0.2, 0) is 0 Å². The molecule has 1 atom stereocenters. The van der Waals surface area contributed by atoms with Crippen molar-refractivity contribution in [2.75, 3.05) is 0 Å². The Hall–Kier alpha value is -6.45. The van der Waals surface area contributed by atoms with E-state index in [4.69, 9.17) is 4.99 Å². The van der Waals surface area contributed by atoms with Gasteiger partial charge in [-0.2, -0.15) is 0 Å². The van der Waals surface area contributed by atoms with E-state index in [1.54, 1.807) is 0 Å². The topological polar surface area (TPSA) is 29.3 Å². The summed E-state index contributed by atoms with van der Waals surface area (Å²) < 4.78 is 2.45. The van der Waals surface area contributed by atoms with Crippen LogP contribution in [-0.4, -0.2) is 10.4 Å². The molecule has 0 saturated carbocycles. The number of benzene rings is 8. The van der Waals surface area contributed by atoms with Crippen LogP contribution in [0.15, 0.2) is 181 Å². The van der Waals surface area contributed by atoms with Crippen molar-refractivity contribution in [1.29, 1.82) is 0 Å². The number of nitrogens with one attached hydrogen (secondary N) is 1. The molecule has 0 bridgehead atoms. The van der Waals surface area contributed by atoms with Crippen LogP contribution in [0.3, 0.4) is 0 Å². The Kier molecular flexibility index (Phi) is 6.25. The molecule has 1 aliphatic rings. The van der Waals surface area contributed by atoms with Gasteiger partial charge in [-0.05, 0) is 63.0 Å². The average Bonchev–Trinajstić information content (AvgIpc) is 3.54. The van der Waals surface area contributed by atoms with Crippen LogP contribution in [0, 0.1) is 0 Å². The van der Waals surface area contributed by atoms with Gasteiger partial charge in [-0.15, -0.1) is 0 Å². The van der Waals surface area contributed by atoms with E-state index in [1.807, 2.05) is 0 Å². The molecule has 1 aliphatic heterocycles. The second kappa shape index (κ2) is 11.1. The molecule has 2 heterocycles. The SMILES string of the molecule is C1=C(c2ccccc2)N=C(c2cc3c4ccccc4c4c(c5ccccc5n4-c4ccccc4)c3c3ccccc23)NC1c1ccccc1. The summed E-state index contributed by atoms with van der Waals surface area (Å²) in [6, 6.07) is 60.9. The zero-order valence-electron chi connectivity index (χ0n) is 26.7. The van der Waals surface area contributed by atoms with E-state index in [1.165, 1.54) is 59.7 Å². The van der Waals surface area contributed by atoms with Gasteiger partial charge in [0.2, 0.25) is 0 Å². The minimum atomic E-state index is -0.0264. The zero-order valence-corrected chi connectivity index (χ0v) is 26.7. The fraction of sp³-hybridized carbons (Fsp3) is 0.0217. The lowest BCUT2D eigenvalue weighted by molar-refractivity contribution is 0.781. The van der Waals surface area contributed by atoms with Gasteiger partial charge in [0, 0.05) is 32.8 Å². The maximum Gasteiger partial charge on any atom is 0.135 e. The Labute approximate surface area is 284 Å². The molecule has 1 unspecified atom stereocenters. The molecule has 0 saturated heterocycles. The fourth-order valence-electron chi connectivity index (χ4n) is 7.86. The first kappa shape index (κ1) is 27.6. The Balaban J connectivity index is 1.33. The van der Waals surface area contributed by atoms with Gasteiger partial charge in [-0.1, -0.05) is 146 Å². The van der Waals surface area contributed by atoms with Gasteiger partial charge in [0.1, 0.15) is 5.84 Å². The molecule has 49 heavy (non-hydrogen) atoms. The van der Waals surface area contributed by atoms with Crippen molar-refractivity contribution in [3.8, 4) is 5.69 Å². The molecule has 1 N–H and O–H groups in total. The van der Waals surface area contributed by atoms with Crippen LogP contribution in [0.25, 0.3) is 65.5 Å². The first-order chi connectivity index (χ1) is 24.3. The summed E-state index contributed by atoms with van der Waals surface area (Å²) in [6.07, 6.45) is 2.24. The van der Waals surface area contributed by atoms with Gasteiger partial charge in [-0.3, -0.25) is 0 Å². The molecule has 8 aromatic carbocycles. The number of fused-ring (bicyclic) bond motifs is 10. The summed E-state index contributed by atoms with van der Waals surface area (Å²) in [5, 5.41) is 13.7. The van der Waals surface area contributed by atoms with Gasteiger partial charge < -0.3 is 9.88 Å². The number of aromatic nitrogens is 1. The average molecular weight is 626 g/mol. The van der Waals surface area contributed by atoms with Crippen molar-refractivity contribution < 1.29 is 0 Å². The van der Waals surface area contributed by atoms with Gasteiger partial charge in [-0.25, -0.2) is 4.99 Å². The number of hydrogen-bond donors (Lipinski definition) is 1. The van der Waals surface area contributed by atoms with Crippen LogP contribution >= 0.6 is 0 Å². The number of amidine groups is 1. The monoisotopic (exact) mass is 625 g/mol. The predicted molar refractivity (Wildman–Crippen MR) is 207 cm³/mol. The Morgan fingerprint density at radius 3 is 1.84 bits per heavy atom. The predicted octanol–water partition coefficient (Wildman–Crippen LogP) is 11.4. The Bertz CT molecular complexity index is 2770. The molecule has 10 rings (SSSR count). The van der Waals surface area contributed by atoms with Crippen molar-refractivity contribution in [1.82, 2.24) is 9.88 Å². The summed E-state index contributed by atoms with van der Waals surface area (Å²) in [5.41, 5.74) is 7.98. The highest BCUT2D eigenvalue weighted by Crippen LogP contribution is 2.45. The molecule has 9 aromatic rings. The highest BCUT2D eigenvalue weighted by atomic mass is 15.0. The van der Waals surface area contributed by atoms with Gasteiger partial charge in [0.15, 0.2) is 0 Å². The number of hydrogen-bond acceptors (Lipinski definition) is 2. The van der Waals surface area contributed by atoms with E-state index in [9.17, 15) is 0 Å². The second-order valence-electron chi connectivity index (χ2n) is 12.8. The smallest absolute Gasteiger partial charge is 0.135 e. The molecule has 0 aliphatic carbocycles. The van der Waals surface area contributed by atoms with E-state index in [-0.39, 0.29) is 6.04 Å². The first-order valence-corrected chi connectivity index (χ1v) is 16.9. The zero-order chi connectivity index (χ0) is 32.3. The molecule has 0 radical (unpaired) electrons. The molecular weight excluding hydrogens is 595 g/mol. The van der Waals surface area contributed by atoms with Crippen molar-refractivity contribution in [3.63, 3.8) is 0 Å². The largest absolute Gasteiger partial charge is 0.359 e. The quantitative estimate of drug-likeness (QED) is 0.194. The van der Waals surface area contributed by atoms with Crippen molar-refractivity contribution in [2.24, 2.45) is 4.99 Å². The van der Waals surface area contributed by atoms with Crippen LogP contribution < -0.4 is 5.32 Å². The maximum absolute atomic E-state index is 5.35. The lowest BCUT2D eigenvalue weighted by atomic mass is 9.89. The third kappa shape index (κ3) is 4.33. The minimum Gasteiger partial charge on any atom is -0.359 e. The van der Waals surface area contributed by atoms with Crippen LogP contribution in [0.2, 0.25) is 0 Å². The molecule has 3 nitrogen and oxygen atoms in total. The number of rotatable bonds is 4. The molecular formula is C46H31N3. The van der Waals surface area contributed by atoms with E-state index in [0.29, 0.717) is 0 Å². The van der Waals surface area contributed by atoms with Gasteiger partial charge in [0.25, 0.3) is 0 Å². The van der Waals surface area contributed by atoms with Gasteiger partial charge in [0.05, 0.1) is 22.8 Å². The normalized spacial score (nSPS) is 14.7. The molecule has 3 heteroatoms. The minimum absolute atomic E-state index is 0.0264. The third-order valence-corrected chi connectivity index (χ3v) is 9.99. The molecule has 0 spiro atoms. The van der Waals surface area contributed by atoms with Crippen molar-refractivity contribution in [2.45, 2.75) is 6.04 Å². The summed E-state index contributed by atoms with van der Waals surface area (Å²) in [4.78, 5) is 5.35.